The molecule has 4 heteroatoms. The van der Waals surface area contributed by atoms with Crippen molar-refractivity contribution < 1.29 is 8.78 Å². The minimum Gasteiger partial charge on any atom is -0.377 e. The summed E-state index contributed by atoms with van der Waals surface area (Å²) in [5.74, 6) is -1.01. The van der Waals surface area contributed by atoms with E-state index in [0.717, 1.165) is 25.9 Å². The summed E-state index contributed by atoms with van der Waals surface area (Å²) in [6.45, 7) is 3.47. The third kappa shape index (κ3) is 2.50. The molecular weight excluding hydrogens is 210 g/mol. The molecule has 0 saturated carbocycles. The molecule has 0 atom stereocenters. The van der Waals surface area contributed by atoms with Crippen LogP contribution in [0.2, 0.25) is 0 Å². The molecule has 1 aliphatic rings. The molecule has 0 amide bonds. The molecule has 1 fully saturated rings. The molecular formula is C12H16F2N2. The molecule has 1 aromatic carbocycles. The molecule has 1 aromatic rings. The third-order valence-electron chi connectivity index (χ3n) is 2.87. The zero-order chi connectivity index (χ0) is 11.5. The zero-order valence-corrected chi connectivity index (χ0v) is 9.32. The predicted octanol–water partition coefficient (Wildman–Crippen LogP) is 2.44. The summed E-state index contributed by atoms with van der Waals surface area (Å²) < 4.78 is 27.1. The van der Waals surface area contributed by atoms with Crippen LogP contribution < -0.4 is 10.6 Å². The predicted molar refractivity (Wildman–Crippen MR) is 60.6 cm³/mol. The lowest BCUT2D eigenvalue weighted by Gasteiger charge is -2.25. The Morgan fingerprint density at radius 2 is 1.75 bits per heavy atom. The number of piperidine rings is 1. The van der Waals surface area contributed by atoms with Crippen molar-refractivity contribution in [2.24, 2.45) is 0 Å². The fraction of sp³-hybridized carbons (Fsp3) is 0.500. The fourth-order valence-corrected chi connectivity index (χ4v) is 2.01. The Hall–Kier alpha value is -1.16. The number of nitrogens with one attached hydrogen (secondary N) is 2. The van der Waals surface area contributed by atoms with E-state index in [0.29, 0.717) is 5.56 Å². The van der Waals surface area contributed by atoms with E-state index in [2.05, 4.69) is 10.6 Å². The molecule has 16 heavy (non-hydrogen) atoms. The SMILES string of the molecule is Cc1cc(F)c(NC2CCNCC2)c(F)c1. The second-order valence-electron chi connectivity index (χ2n) is 4.27. The summed E-state index contributed by atoms with van der Waals surface area (Å²) in [5.41, 5.74) is 0.614. The van der Waals surface area contributed by atoms with Gasteiger partial charge < -0.3 is 10.6 Å². The van der Waals surface area contributed by atoms with Crippen LogP contribution in [0.1, 0.15) is 18.4 Å². The highest BCUT2D eigenvalue weighted by Gasteiger charge is 2.17. The Labute approximate surface area is 94.0 Å². The van der Waals surface area contributed by atoms with E-state index in [1.807, 2.05) is 0 Å². The average molecular weight is 226 g/mol. The summed E-state index contributed by atoms with van der Waals surface area (Å²) >= 11 is 0. The van der Waals surface area contributed by atoms with Crippen molar-refractivity contribution in [1.29, 1.82) is 0 Å². The first kappa shape index (κ1) is 11.3. The number of anilines is 1. The van der Waals surface area contributed by atoms with Gasteiger partial charge in [0.2, 0.25) is 0 Å². The molecule has 0 aliphatic carbocycles. The van der Waals surface area contributed by atoms with Crippen LogP contribution in [0.3, 0.4) is 0 Å². The van der Waals surface area contributed by atoms with Crippen LogP contribution in [-0.4, -0.2) is 19.1 Å². The van der Waals surface area contributed by atoms with E-state index in [1.165, 1.54) is 12.1 Å². The van der Waals surface area contributed by atoms with E-state index in [-0.39, 0.29) is 11.7 Å². The average Bonchev–Trinajstić information content (AvgIpc) is 2.25. The van der Waals surface area contributed by atoms with Gasteiger partial charge in [-0.05, 0) is 50.6 Å². The van der Waals surface area contributed by atoms with E-state index >= 15 is 0 Å². The molecule has 2 nitrogen and oxygen atoms in total. The van der Waals surface area contributed by atoms with Crippen LogP contribution in [0.5, 0.6) is 0 Å². The van der Waals surface area contributed by atoms with Crippen LogP contribution >= 0.6 is 0 Å². The van der Waals surface area contributed by atoms with Crippen molar-refractivity contribution in [1.82, 2.24) is 5.32 Å². The minimum absolute atomic E-state index is 0.0116. The highest BCUT2D eigenvalue weighted by Crippen LogP contribution is 2.22. The lowest BCUT2D eigenvalue weighted by Crippen LogP contribution is -2.35. The van der Waals surface area contributed by atoms with Gasteiger partial charge in [-0.25, -0.2) is 8.78 Å². The van der Waals surface area contributed by atoms with Gasteiger partial charge in [-0.3, -0.25) is 0 Å². The van der Waals surface area contributed by atoms with Crippen molar-refractivity contribution in [3.8, 4) is 0 Å². The highest BCUT2D eigenvalue weighted by molar-refractivity contribution is 5.48. The van der Waals surface area contributed by atoms with Gasteiger partial charge in [0, 0.05) is 6.04 Å². The van der Waals surface area contributed by atoms with Crippen LogP contribution in [0.4, 0.5) is 14.5 Å². The van der Waals surface area contributed by atoms with Gasteiger partial charge >= 0.3 is 0 Å². The first-order chi connectivity index (χ1) is 7.66. The normalized spacial score (nSPS) is 17.4. The molecule has 0 spiro atoms. The maximum atomic E-state index is 13.5. The number of halogens is 2. The molecule has 2 rings (SSSR count). The largest absolute Gasteiger partial charge is 0.377 e. The van der Waals surface area contributed by atoms with Crippen LogP contribution in [0, 0.1) is 18.6 Å². The Kier molecular flexibility index (Phi) is 3.39. The molecule has 2 N–H and O–H groups in total. The molecule has 0 radical (unpaired) electrons. The van der Waals surface area contributed by atoms with Gasteiger partial charge in [-0.15, -0.1) is 0 Å². The monoisotopic (exact) mass is 226 g/mol. The summed E-state index contributed by atoms with van der Waals surface area (Å²) in [7, 11) is 0. The van der Waals surface area contributed by atoms with Crippen LogP contribution in [-0.2, 0) is 0 Å². The Balaban J connectivity index is 2.14. The number of aryl methyl sites for hydroxylation is 1. The quantitative estimate of drug-likeness (QED) is 0.809. The molecule has 88 valence electrons. The first-order valence-corrected chi connectivity index (χ1v) is 5.59. The minimum atomic E-state index is -0.504. The van der Waals surface area contributed by atoms with Gasteiger partial charge in [0.25, 0.3) is 0 Å². The third-order valence-corrected chi connectivity index (χ3v) is 2.87. The van der Waals surface area contributed by atoms with Gasteiger partial charge in [-0.1, -0.05) is 0 Å². The Morgan fingerprint density at radius 1 is 1.19 bits per heavy atom. The van der Waals surface area contributed by atoms with Crippen molar-refractivity contribution in [2.45, 2.75) is 25.8 Å². The maximum absolute atomic E-state index is 13.5. The fourth-order valence-electron chi connectivity index (χ4n) is 2.01. The summed E-state index contributed by atoms with van der Waals surface area (Å²) in [6, 6.07) is 2.87. The first-order valence-electron chi connectivity index (χ1n) is 5.59. The molecule has 1 saturated heterocycles. The smallest absolute Gasteiger partial charge is 0.149 e. The second-order valence-corrected chi connectivity index (χ2v) is 4.27. The Morgan fingerprint density at radius 3 is 2.31 bits per heavy atom. The zero-order valence-electron chi connectivity index (χ0n) is 9.32. The van der Waals surface area contributed by atoms with Gasteiger partial charge in [0.15, 0.2) is 0 Å². The van der Waals surface area contributed by atoms with Gasteiger partial charge in [-0.2, -0.15) is 0 Å². The van der Waals surface area contributed by atoms with Gasteiger partial charge in [0.05, 0.1) is 0 Å². The lowest BCUT2D eigenvalue weighted by atomic mass is 10.1. The van der Waals surface area contributed by atoms with E-state index in [9.17, 15) is 8.78 Å². The second kappa shape index (κ2) is 4.78. The van der Waals surface area contributed by atoms with Crippen LogP contribution in [0.15, 0.2) is 12.1 Å². The van der Waals surface area contributed by atoms with Crippen molar-refractivity contribution in [3.05, 3.63) is 29.3 Å². The Bertz CT molecular complexity index is 350. The highest BCUT2D eigenvalue weighted by atomic mass is 19.1. The molecule has 0 bridgehead atoms. The van der Waals surface area contributed by atoms with E-state index in [4.69, 9.17) is 0 Å². The topological polar surface area (TPSA) is 24.1 Å². The number of rotatable bonds is 2. The molecule has 1 heterocycles. The van der Waals surface area contributed by atoms with Crippen molar-refractivity contribution in [3.63, 3.8) is 0 Å². The standard InChI is InChI=1S/C12H16F2N2/c1-8-6-10(13)12(11(14)7-8)16-9-2-4-15-5-3-9/h6-7,9,15-16H,2-5H2,1H3. The van der Waals surface area contributed by atoms with Crippen LogP contribution in [0.25, 0.3) is 0 Å². The number of hydrogen-bond donors (Lipinski definition) is 2. The number of benzene rings is 1. The molecule has 1 aliphatic heterocycles. The van der Waals surface area contributed by atoms with Crippen molar-refractivity contribution in [2.75, 3.05) is 18.4 Å². The number of hydrogen-bond acceptors (Lipinski definition) is 2. The maximum Gasteiger partial charge on any atom is 0.149 e. The van der Waals surface area contributed by atoms with Crippen molar-refractivity contribution >= 4 is 5.69 Å². The summed E-state index contributed by atoms with van der Waals surface area (Å²) in [6.07, 6.45) is 1.79. The van der Waals surface area contributed by atoms with E-state index < -0.39 is 11.6 Å². The van der Waals surface area contributed by atoms with Gasteiger partial charge in [0.1, 0.15) is 17.3 Å². The molecule has 0 aromatic heterocycles. The summed E-state index contributed by atoms with van der Waals surface area (Å²) in [4.78, 5) is 0. The summed E-state index contributed by atoms with van der Waals surface area (Å²) in [5, 5.41) is 6.17. The molecule has 0 unspecified atom stereocenters. The lowest BCUT2D eigenvalue weighted by molar-refractivity contribution is 0.473. The van der Waals surface area contributed by atoms with E-state index in [1.54, 1.807) is 6.92 Å².